The first-order chi connectivity index (χ1) is 20.5. The molecule has 0 saturated heterocycles. The van der Waals surface area contributed by atoms with Gasteiger partial charge in [-0.1, -0.05) is 72.2 Å². The summed E-state index contributed by atoms with van der Waals surface area (Å²) in [4.78, 5) is 46.1. The minimum Gasteiger partial charge on any atom is -0.380 e. The van der Waals surface area contributed by atoms with Gasteiger partial charge < -0.3 is 10.2 Å². The van der Waals surface area contributed by atoms with E-state index in [1.165, 1.54) is 5.57 Å². The molecule has 1 aromatic carbocycles. The highest BCUT2D eigenvalue weighted by molar-refractivity contribution is 5.95. The second-order valence-corrected chi connectivity index (χ2v) is 17.2. The first-order valence-corrected chi connectivity index (χ1v) is 17.1. The number of fused-ring (bicyclic) bond motifs is 7. The fraction of sp³-hybridized carbons (Fsp3) is 0.711. The Balaban J connectivity index is 1.32. The number of hydrogen-bond acceptors (Lipinski definition) is 4. The Morgan fingerprint density at radius 1 is 0.864 bits per heavy atom. The molecular formula is C38H54N2O4. The van der Waals surface area contributed by atoms with E-state index in [0.29, 0.717) is 17.5 Å². The van der Waals surface area contributed by atoms with Gasteiger partial charge in [-0.25, -0.2) is 0 Å². The summed E-state index contributed by atoms with van der Waals surface area (Å²) in [5.41, 5.74) is 3.13. The number of nitrogens with one attached hydrogen (secondary N) is 2. The van der Waals surface area contributed by atoms with Crippen LogP contribution >= 0.6 is 0 Å². The van der Waals surface area contributed by atoms with E-state index in [0.717, 1.165) is 57.8 Å². The first-order valence-electron chi connectivity index (χ1n) is 17.1. The summed E-state index contributed by atoms with van der Waals surface area (Å²) in [7, 11) is 0. The number of hydroxylamine groups is 1. The minimum absolute atomic E-state index is 0.0335. The molecule has 0 bridgehead atoms. The first kappa shape index (κ1) is 31.4. The van der Waals surface area contributed by atoms with Gasteiger partial charge in [0.1, 0.15) is 0 Å². The molecule has 5 aliphatic carbocycles. The lowest BCUT2D eigenvalue weighted by atomic mass is 9.33. The number of amides is 2. The smallest absolute Gasteiger partial charge is 0.258 e. The lowest BCUT2D eigenvalue weighted by Crippen LogP contribution is -2.67. The van der Waals surface area contributed by atoms with E-state index < -0.39 is 5.41 Å². The van der Waals surface area contributed by atoms with Crippen LogP contribution in [0.15, 0.2) is 42.0 Å². The maximum atomic E-state index is 14.6. The van der Waals surface area contributed by atoms with Gasteiger partial charge in [-0.2, -0.15) is 5.48 Å². The van der Waals surface area contributed by atoms with Crippen molar-refractivity contribution in [3.8, 4) is 5.75 Å². The van der Waals surface area contributed by atoms with Crippen molar-refractivity contribution in [2.75, 3.05) is 0 Å². The zero-order valence-corrected chi connectivity index (χ0v) is 28.3. The SMILES string of the molecule is CC(=O)N[C@H]1CC[C@@]2(C)C(CC[C@]3(C)[C@@H]2C(=O)C=C2[C@@H]4C[C@@](C)(C(=O)NOc5ccccc5)CC[C@]4(C)CC[C@]23C)C1(C)C. The number of para-hydroxylation sites is 1. The average molecular weight is 603 g/mol. The zero-order chi connectivity index (χ0) is 31.9. The van der Waals surface area contributed by atoms with Gasteiger partial charge in [0.25, 0.3) is 5.91 Å². The number of rotatable bonds is 4. The van der Waals surface area contributed by atoms with Crippen molar-refractivity contribution in [2.24, 2.45) is 50.2 Å². The van der Waals surface area contributed by atoms with Crippen LogP contribution in [0.1, 0.15) is 113 Å². The summed E-state index contributed by atoms with van der Waals surface area (Å²) >= 11 is 0. The van der Waals surface area contributed by atoms with Crippen LogP contribution in [0.5, 0.6) is 5.75 Å². The lowest BCUT2D eigenvalue weighted by molar-refractivity contribution is -0.189. The molecular weight excluding hydrogens is 548 g/mol. The fourth-order valence-corrected chi connectivity index (χ4v) is 11.6. The van der Waals surface area contributed by atoms with Crippen LogP contribution < -0.4 is 15.6 Å². The van der Waals surface area contributed by atoms with Crippen molar-refractivity contribution in [2.45, 2.75) is 119 Å². The standard InChI is InChI=1S/C38H54N2O4/c1-24(41)39-30-15-16-36(6)29(33(30,2)3)14-17-38(8)31(36)28(42)22-26-27-23-35(5,19-18-34(27,4)20-21-37(26,38)7)32(43)40-44-25-12-10-9-11-13-25/h9-13,22,27,29-31H,14-21,23H2,1-8H3,(H,39,41)(H,40,43)/t27-,29?,30-,31+,34+,35-,36-,37+,38+/m0/s1. The van der Waals surface area contributed by atoms with Crippen molar-refractivity contribution in [1.29, 1.82) is 0 Å². The lowest BCUT2D eigenvalue weighted by Gasteiger charge is -2.70. The normalized spacial score (nSPS) is 44.1. The van der Waals surface area contributed by atoms with Crippen molar-refractivity contribution in [3.63, 3.8) is 0 Å². The van der Waals surface area contributed by atoms with E-state index in [1.807, 2.05) is 30.3 Å². The highest BCUT2D eigenvalue weighted by atomic mass is 16.7. The van der Waals surface area contributed by atoms with Gasteiger partial charge in [-0.05, 0) is 115 Å². The van der Waals surface area contributed by atoms with Crippen LogP contribution in [0.3, 0.4) is 0 Å². The van der Waals surface area contributed by atoms with Crippen LogP contribution in [-0.2, 0) is 14.4 Å². The van der Waals surface area contributed by atoms with Gasteiger partial charge in [-0.3, -0.25) is 14.4 Å². The largest absolute Gasteiger partial charge is 0.380 e. The molecule has 44 heavy (non-hydrogen) atoms. The molecule has 2 amide bonds. The molecule has 6 nitrogen and oxygen atoms in total. The molecule has 0 aromatic heterocycles. The van der Waals surface area contributed by atoms with E-state index in [4.69, 9.17) is 4.84 Å². The predicted molar refractivity (Wildman–Crippen MR) is 172 cm³/mol. The molecule has 1 aromatic rings. The third-order valence-corrected chi connectivity index (χ3v) is 14.5. The number of hydrogen-bond donors (Lipinski definition) is 2. The summed E-state index contributed by atoms with van der Waals surface area (Å²) in [5.74, 6) is 1.38. The Morgan fingerprint density at radius 2 is 1.55 bits per heavy atom. The second-order valence-electron chi connectivity index (χ2n) is 17.2. The minimum atomic E-state index is -0.575. The molecule has 0 radical (unpaired) electrons. The maximum Gasteiger partial charge on any atom is 0.258 e. The molecule has 0 aliphatic heterocycles. The van der Waals surface area contributed by atoms with E-state index in [1.54, 1.807) is 6.92 Å². The van der Waals surface area contributed by atoms with Crippen LogP contribution in [0.4, 0.5) is 0 Å². The van der Waals surface area contributed by atoms with Crippen molar-refractivity contribution in [3.05, 3.63) is 42.0 Å². The second kappa shape index (κ2) is 10.2. The molecule has 6 heteroatoms. The van der Waals surface area contributed by atoms with Gasteiger partial charge in [0.05, 0.1) is 0 Å². The highest BCUT2D eigenvalue weighted by Gasteiger charge is 2.70. The summed E-state index contributed by atoms with van der Waals surface area (Å²) in [6.07, 6.45) is 10.7. The fourth-order valence-electron chi connectivity index (χ4n) is 11.6. The number of ketones is 1. The van der Waals surface area contributed by atoms with Crippen LogP contribution in [0.2, 0.25) is 0 Å². The summed E-state index contributed by atoms with van der Waals surface area (Å²) < 4.78 is 0. The van der Waals surface area contributed by atoms with Crippen molar-refractivity contribution < 1.29 is 19.2 Å². The van der Waals surface area contributed by atoms with Gasteiger partial charge in [0.2, 0.25) is 5.91 Å². The molecule has 5 aliphatic rings. The highest BCUT2D eigenvalue weighted by Crippen LogP contribution is 2.75. The molecule has 0 heterocycles. The Hall–Kier alpha value is -2.63. The quantitative estimate of drug-likeness (QED) is 0.348. The molecule has 1 unspecified atom stereocenters. The molecule has 4 saturated carbocycles. The van der Waals surface area contributed by atoms with Crippen molar-refractivity contribution in [1.82, 2.24) is 10.8 Å². The Bertz CT molecular complexity index is 1390. The maximum absolute atomic E-state index is 14.6. The van der Waals surface area contributed by atoms with Gasteiger partial charge >= 0.3 is 0 Å². The van der Waals surface area contributed by atoms with E-state index in [9.17, 15) is 14.4 Å². The van der Waals surface area contributed by atoms with Gasteiger partial charge in [0.15, 0.2) is 11.5 Å². The van der Waals surface area contributed by atoms with E-state index >= 15 is 0 Å². The molecule has 0 spiro atoms. The molecule has 6 rings (SSSR count). The third-order valence-electron chi connectivity index (χ3n) is 14.5. The third kappa shape index (κ3) is 4.43. The molecule has 2 N–H and O–H groups in total. The molecule has 4 fully saturated rings. The Labute approximate surface area is 264 Å². The number of benzene rings is 1. The monoisotopic (exact) mass is 602 g/mol. The van der Waals surface area contributed by atoms with Gasteiger partial charge in [-0.15, -0.1) is 0 Å². The number of carbonyl (C=O) groups is 3. The Kier molecular flexibility index (Phi) is 7.26. The van der Waals surface area contributed by atoms with E-state index in [-0.39, 0.29) is 56.8 Å². The predicted octanol–water partition coefficient (Wildman–Crippen LogP) is 7.58. The van der Waals surface area contributed by atoms with Gasteiger partial charge in [0, 0.05) is 24.3 Å². The topological polar surface area (TPSA) is 84.5 Å². The summed E-state index contributed by atoms with van der Waals surface area (Å²) in [6.45, 7) is 18.0. The summed E-state index contributed by atoms with van der Waals surface area (Å²) in [5, 5.41) is 3.26. The van der Waals surface area contributed by atoms with Crippen LogP contribution in [-0.4, -0.2) is 23.6 Å². The number of allylic oxidation sites excluding steroid dienone is 2. The number of carbonyl (C=O) groups excluding carboxylic acids is 3. The van der Waals surface area contributed by atoms with Crippen molar-refractivity contribution >= 4 is 17.6 Å². The van der Waals surface area contributed by atoms with Crippen LogP contribution in [0.25, 0.3) is 0 Å². The molecule has 240 valence electrons. The molecule has 9 atom stereocenters. The zero-order valence-electron chi connectivity index (χ0n) is 28.3. The summed E-state index contributed by atoms with van der Waals surface area (Å²) in [6, 6.07) is 9.52. The van der Waals surface area contributed by atoms with Crippen LogP contribution in [0, 0.1) is 50.2 Å². The van der Waals surface area contributed by atoms with E-state index in [2.05, 4.69) is 65.3 Å². The average Bonchev–Trinajstić information content (AvgIpc) is 2.95. The Morgan fingerprint density at radius 3 is 2.23 bits per heavy atom.